The second-order valence-corrected chi connectivity index (χ2v) is 6.15. The summed E-state index contributed by atoms with van der Waals surface area (Å²) in [6.07, 6.45) is 1.68. The van der Waals surface area contributed by atoms with Crippen LogP contribution in [0.4, 0.5) is 4.79 Å². The van der Waals surface area contributed by atoms with E-state index in [2.05, 4.69) is 11.8 Å². The van der Waals surface area contributed by atoms with Gasteiger partial charge >= 0.3 is 12.0 Å². The van der Waals surface area contributed by atoms with Gasteiger partial charge in [0.25, 0.3) is 0 Å². The summed E-state index contributed by atoms with van der Waals surface area (Å²) in [5.74, 6) is -0.805. The highest BCUT2D eigenvalue weighted by molar-refractivity contribution is 5.79. The largest absolute Gasteiger partial charge is 0.481 e. The van der Waals surface area contributed by atoms with Crippen LogP contribution in [-0.2, 0) is 4.79 Å². The number of carboxylic acids is 1. The zero-order valence-electron chi connectivity index (χ0n) is 12.5. The Morgan fingerprint density at radius 1 is 1.10 bits per heavy atom. The number of carbonyl (C=O) groups is 2. The molecule has 1 N–H and O–H groups in total. The van der Waals surface area contributed by atoms with Gasteiger partial charge in [0.05, 0.1) is 5.41 Å². The van der Waals surface area contributed by atoms with E-state index in [4.69, 9.17) is 0 Å². The van der Waals surface area contributed by atoms with Crippen molar-refractivity contribution in [2.75, 3.05) is 45.8 Å². The van der Waals surface area contributed by atoms with Gasteiger partial charge in [-0.1, -0.05) is 6.92 Å². The van der Waals surface area contributed by atoms with E-state index in [0.717, 1.165) is 39.1 Å². The van der Waals surface area contributed by atoms with Crippen LogP contribution < -0.4 is 0 Å². The highest BCUT2D eigenvalue weighted by Crippen LogP contribution is 2.30. The minimum atomic E-state index is -0.805. The number of nitrogens with zero attached hydrogens (tertiary/aromatic N) is 3. The van der Waals surface area contributed by atoms with Crippen molar-refractivity contribution in [1.82, 2.24) is 14.7 Å². The number of amides is 2. The van der Waals surface area contributed by atoms with Crippen LogP contribution in [-0.4, -0.2) is 77.6 Å². The Labute approximate surface area is 120 Å². The summed E-state index contributed by atoms with van der Waals surface area (Å²) in [7, 11) is 0. The molecule has 20 heavy (non-hydrogen) atoms. The molecule has 2 amide bonds. The molecule has 0 aromatic rings. The summed E-state index contributed by atoms with van der Waals surface area (Å²) in [6.45, 7) is 9.19. The molecule has 1 atom stereocenters. The predicted octanol–water partition coefficient (Wildman–Crippen LogP) is 0.931. The number of carboxylic acid groups (broad SMARTS) is 1. The lowest BCUT2D eigenvalue weighted by atomic mass is 9.90. The van der Waals surface area contributed by atoms with Crippen LogP contribution in [0.15, 0.2) is 0 Å². The van der Waals surface area contributed by atoms with Crippen LogP contribution >= 0.6 is 0 Å². The Morgan fingerprint density at radius 3 is 2.25 bits per heavy atom. The molecule has 0 aromatic carbocycles. The molecule has 114 valence electrons. The fourth-order valence-corrected chi connectivity index (χ4v) is 2.98. The predicted molar refractivity (Wildman–Crippen MR) is 75.6 cm³/mol. The van der Waals surface area contributed by atoms with Crippen molar-refractivity contribution < 1.29 is 14.7 Å². The van der Waals surface area contributed by atoms with Gasteiger partial charge in [-0.15, -0.1) is 0 Å². The molecule has 2 aliphatic rings. The van der Waals surface area contributed by atoms with Gasteiger partial charge in [0, 0.05) is 39.3 Å². The Bertz CT molecular complexity index is 380. The Kier molecular flexibility index (Phi) is 4.52. The van der Waals surface area contributed by atoms with Crippen LogP contribution in [0.5, 0.6) is 0 Å². The normalized spacial score (nSPS) is 27.9. The van der Waals surface area contributed by atoms with Crippen LogP contribution in [0.1, 0.15) is 26.7 Å². The van der Waals surface area contributed by atoms with E-state index < -0.39 is 11.4 Å². The van der Waals surface area contributed by atoms with Gasteiger partial charge in [-0.25, -0.2) is 4.79 Å². The molecule has 0 aromatic heterocycles. The molecule has 2 fully saturated rings. The van der Waals surface area contributed by atoms with Gasteiger partial charge in [0.2, 0.25) is 0 Å². The van der Waals surface area contributed by atoms with Crippen molar-refractivity contribution in [3.63, 3.8) is 0 Å². The molecule has 2 heterocycles. The van der Waals surface area contributed by atoms with Crippen molar-refractivity contribution in [3.8, 4) is 0 Å². The van der Waals surface area contributed by atoms with E-state index in [1.807, 2.05) is 4.90 Å². The SMILES string of the molecule is CCCN1CCN(C(=O)N2CCC(C)(C(=O)O)C2)CC1. The minimum Gasteiger partial charge on any atom is -0.481 e. The zero-order valence-corrected chi connectivity index (χ0v) is 12.5. The molecule has 1 unspecified atom stereocenters. The molecule has 0 bridgehead atoms. The van der Waals surface area contributed by atoms with Crippen LogP contribution in [0.3, 0.4) is 0 Å². The molecule has 0 aliphatic carbocycles. The molecule has 6 heteroatoms. The van der Waals surface area contributed by atoms with E-state index in [1.165, 1.54) is 0 Å². The summed E-state index contributed by atoms with van der Waals surface area (Å²) in [5.41, 5.74) is -0.778. The van der Waals surface area contributed by atoms with E-state index in [0.29, 0.717) is 19.5 Å². The molecular weight excluding hydrogens is 258 g/mol. The van der Waals surface area contributed by atoms with E-state index in [1.54, 1.807) is 11.8 Å². The van der Waals surface area contributed by atoms with Crippen molar-refractivity contribution in [2.45, 2.75) is 26.7 Å². The average molecular weight is 283 g/mol. The topological polar surface area (TPSA) is 64.1 Å². The number of carbonyl (C=O) groups excluding carboxylic acids is 1. The molecule has 0 spiro atoms. The first-order chi connectivity index (χ1) is 9.46. The summed E-state index contributed by atoms with van der Waals surface area (Å²) in [5, 5.41) is 9.22. The first-order valence-corrected chi connectivity index (χ1v) is 7.46. The first kappa shape index (κ1) is 15.1. The molecular formula is C14H25N3O3. The maximum atomic E-state index is 12.4. The molecule has 2 saturated heterocycles. The summed E-state index contributed by atoms with van der Waals surface area (Å²) in [6, 6.07) is 0.00567. The lowest BCUT2D eigenvalue weighted by molar-refractivity contribution is -0.147. The number of hydrogen-bond acceptors (Lipinski definition) is 3. The fraction of sp³-hybridized carbons (Fsp3) is 0.857. The average Bonchev–Trinajstić information content (AvgIpc) is 2.83. The number of aliphatic carboxylic acids is 1. The summed E-state index contributed by atoms with van der Waals surface area (Å²) < 4.78 is 0. The summed E-state index contributed by atoms with van der Waals surface area (Å²) >= 11 is 0. The third-order valence-electron chi connectivity index (χ3n) is 4.44. The fourth-order valence-electron chi connectivity index (χ4n) is 2.98. The lowest BCUT2D eigenvalue weighted by Crippen LogP contribution is -2.52. The second kappa shape index (κ2) is 5.99. The number of likely N-dealkylation sites (tertiary alicyclic amines) is 1. The minimum absolute atomic E-state index is 0.00567. The molecule has 6 nitrogen and oxygen atoms in total. The van der Waals surface area contributed by atoms with Crippen molar-refractivity contribution >= 4 is 12.0 Å². The van der Waals surface area contributed by atoms with E-state index >= 15 is 0 Å². The van der Waals surface area contributed by atoms with Gasteiger partial charge in [-0.05, 0) is 26.3 Å². The molecule has 2 rings (SSSR count). The van der Waals surface area contributed by atoms with Crippen molar-refractivity contribution in [2.24, 2.45) is 5.41 Å². The maximum Gasteiger partial charge on any atom is 0.320 e. The maximum absolute atomic E-state index is 12.4. The number of piperazine rings is 1. The van der Waals surface area contributed by atoms with Gasteiger partial charge in [-0.2, -0.15) is 0 Å². The lowest BCUT2D eigenvalue weighted by Gasteiger charge is -2.36. The number of rotatable bonds is 3. The number of hydrogen-bond donors (Lipinski definition) is 1. The Morgan fingerprint density at radius 2 is 1.75 bits per heavy atom. The molecule has 2 aliphatic heterocycles. The standard InChI is InChI=1S/C14H25N3O3/c1-3-5-15-7-9-16(10-8-15)13(20)17-6-4-14(2,11-17)12(18)19/h3-11H2,1-2H3,(H,18,19). The van der Waals surface area contributed by atoms with Crippen LogP contribution in [0, 0.1) is 5.41 Å². The van der Waals surface area contributed by atoms with E-state index in [-0.39, 0.29) is 6.03 Å². The smallest absolute Gasteiger partial charge is 0.320 e. The Hall–Kier alpha value is -1.30. The van der Waals surface area contributed by atoms with E-state index in [9.17, 15) is 14.7 Å². The van der Waals surface area contributed by atoms with Crippen molar-refractivity contribution in [1.29, 1.82) is 0 Å². The summed E-state index contributed by atoms with van der Waals surface area (Å²) in [4.78, 5) is 29.6. The van der Waals surface area contributed by atoms with Crippen LogP contribution in [0.25, 0.3) is 0 Å². The highest BCUT2D eigenvalue weighted by Gasteiger charge is 2.43. The monoisotopic (exact) mass is 283 g/mol. The highest BCUT2D eigenvalue weighted by atomic mass is 16.4. The third-order valence-corrected chi connectivity index (χ3v) is 4.44. The Balaban J connectivity index is 1.86. The van der Waals surface area contributed by atoms with Gasteiger partial charge in [0.15, 0.2) is 0 Å². The molecule has 0 saturated carbocycles. The van der Waals surface area contributed by atoms with Crippen LogP contribution in [0.2, 0.25) is 0 Å². The molecule has 0 radical (unpaired) electrons. The quantitative estimate of drug-likeness (QED) is 0.837. The van der Waals surface area contributed by atoms with Crippen molar-refractivity contribution in [3.05, 3.63) is 0 Å². The van der Waals surface area contributed by atoms with Gasteiger partial charge in [0.1, 0.15) is 0 Å². The number of urea groups is 1. The zero-order chi connectivity index (χ0) is 14.8. The first-order valence-electron chi connectivity index (χ1n) is 7.46. The second-order valence-electron chi connectivity index (χ2n) is 6.15. The van der Waals surface area contributed by atoms with Gasteiger partial charge < -0.3 is 14.9 Å². The third kappa shape index (κ3) is 3.06. The van der Waals surface area contributed by atoms with Gasteiger partial charge in [-0.3, -0.25) is 9.69 Å².